The van der Waals surface area contributed by atoms with E-state index in [2.05, 4.69) is 14.9 Å². The van der Waals surface area contributed by atoms with E-state index in [-0.39, 0.29) is 17.5 Å². The Morgan fingerprint density at radius 1 is 0.781 bits per heavy atom. The maximum absolute atomic E-state index is 13.3. The molecule has 2 aromatic heterocycles. The molecular formula is C24H25N5O3. The van der Waals surface area contributed by atoms with Crippen LogP contribution in [0.2, 0.25) is 0 Å². The van der Waals surface area contributed by atoms with Gasteiger partial charge in [0.15, 0.2) is 17.8 Å². The Labute approximate surface area is 186 Å². The van der Waals surface area contributed by atoms with Gasteiger partial charge in [-0.15, -0.1) is 0 Å². The molecule has 0 atom stereocenters. The molecule has 0 saturated carbocycles. The van der Waals surface area contributed by atoms with Crippen molar-refractivity contribution in [3.05, 3.63) is 66.3 Å². The van der Waals surface area contributed by atoms with Crippen LogP contribution in [0.15, 0.2) is 59.5 Å². The summed E-state index contributed by atoms with van der Waals surface area (Å²) in [5.41, 5.74) is 1.40. The third-order valence-corrected chi connectivity index (χ3v) is 6.11. The van der Waals surface area contributed by atoms with Crippen molar-refractivity contribution in [3.63, 3.8) is 0 Å². The molecule has 8 nitrogen and oxygen atoms in total. The predicted octanol–water partition coefficient (Wildman–Crippen LogP) is 2.94. The average Bonchev–Trinajstić information content (AvgIpc) is 3.56. The van der Waals surface area contributed by atoms with Gasteiger partial charge in [0.2, 0.25) is 0 Å². The number of rotatable bonds is 4. The van der Waals surface area contributed by atoms with Crippen LogP contribution in [-0.4, -0.2) is 70.9 Å². The standard InChI is InChI=1S/C24H25N5O3/c30-23(28-11-5-6-12-28)19-8-2-1-7-18(19)22-21(26-17-32-22)24(31)29-15-13-27(14-16-29)20-9-3-4-10-25-20/h1-4,7-10,17H,5-6,11-16H2. The molecule has 0 unspecified atom stereocenters. The largest absolute Gasteiger partial charge is 0.443 e. The summed E-state index contributed by atoms with van der Waals surface area (Å²) in [6.07, 6.45) is 5.09. The number of hydrogen-bond donors (Lipinski definition) is 0. The first-order valence-electron chi connectivity index (χ1n) is 11.0. The molecule has 2 aliphatic heterocycles. The minimum absolute atomic E-state index is 0.0307. The number of carbonyl (C=O) groups is 2. The van der Waals surface area contributed by atoms with E-state index < -0.39 is 0 Å². The second-order valence-corrected chi connectivity index (χ2v) is 8.04. The first kappa shape index (κ1) is 20.2. The van der Waals surface area contributed by atoms with Gasteiger partial charge in [-0.25, -0.2) is 9.97 Å². The topological polar surface area (TPSA) is 82.8 Å². The summed E-state index contributed by atoms with van der Waals surface area (Å²) in [6.45, 7) is 4.04. The van der Waals surface area contributed by atoms with Gasteiger partial charge >= 0.3 is 0 Å². The molecule has 0 bridgehead atoms. The average molecular weight is 431 g/mol. The van der Waals surface area contributed by atoms with E-state index in [1.807, 2.05) is 41.3 Å². The quantitative estimate of drug-likeness (QED) is 0.632. The van der Waals surface area contributed by atoms with Crippen LogP contribution >= 0.6 is 0 Å². The molecule has 2 saturated heterocycles. The Morgan fingerprint density at radius 3 is 2.25 bits per heavy atom. The number of oxazole rings is 1. The summed E-state index contributed by atoms with van der Waals surface area (Å²) in [5.74, 6) is 1.05. The molecule has 5 rings (SSSR count). The van der Waals surface area contributed by atoms with Crippen molar-refractivity contribution in [2.24, 2.45) is 0 Å². The number of piperazine rings is 1. The van der Waals surface area contributed by atoms with Gasteiger partial charge in [0.1, 0.15) is 5.82 Å². The highest BCUT2D eigenvalue weighted by Crippen LogP contribution is 2.29. The van der Waals surface area contributed by atoms with Gasteiger partial charge in [-0.05, 0) is 31.0 Å². The van der Waals surface area contributed by atoms with Gasteiger partial charge in [-0.1, -0.05) is 24.3 Å². The number of benzene rings is 1. The lowest BCUT2D eigenvalue weighted by Gasteiger charge is -2.35. The lowest BCUT2D eigenvalue weighted by Crippen LogP contribution is -2.49. The van der Waals surface area contributed by atoms with E-state index in [1.54, 1.807) is 17.2 Å². The lowest BCUT2D eigenvalue weighted by atomic mass is 10.0. The van der Waals surface area contributed by atoms with E-state index in [0.29, 0.717) is 43.1 Å². The lowest BCUT2D eigenvalue weighted by molar-refractivity contribution is 0.0739. The number of likely N-dealkylation sites (tertiary alicyclic amines) is 1. The molecule has 1 aromatic carbocycles. The molecule has 0 radical (unpaired) electrons. The van der Waals surface area contributed by atoms with Crippen molar-refractivity contribution in [2.75, 3.05) is 44.2 Å². The highest BCUT2D eigenvalue weighted by molar-refractivity contribution is 6.04. The van der Waals surface area contributed by atoms with Crippen LogP contribution in [0.1, 0.15) is 33.7 Å². The molecule has 0 aliphatic carbocycles. The van der Waals surface area contributed by atoms with Crippen molar-refractivity contribution in [2.45, 2.75) is 12.8 Å². The SMILES string of the molecule is O=C(c1ccccc1-c1ocnc1C(=O)N1CCN(c2ccccn2)CC1)N1CCCC1. The maximum atomic E-state index is 13.3. The van der Waals surface area contributed by atoms with Crippen molar-refractivity contribution in [1.82, 2.24) is 19.8 Å². The third kappa shape index (κ3) is 3.84. The normalized spacial score (nSPS) is 16.4. The summed E-state index contributed by atoms with van der Waals surface area (Å²) in [5, 5.41) is 0. The summed E-state index contributed by atoms with van der Waals surface area (Å²) in [6, 6.07) is 13.1. The fourth-order valence-corrected chi connectivity index (χ4v) is 4.38. The molecule has 2 fully saturated rings. The predicted molar refractivity (Wildman–Crippen MR) is 119 cm³/mol. The Balaban J connectivity index is 1.36. The van der Waals surface area contributed by atoms with Crippen molar-refractivity contribution < 1.29 is 14.0 Å². The molecule has 0 N–H and O–H groups in total. The van der Waals surface area contributed by atoms with Crippen LogP contribution in [0.5, 0.6) is 0 Å². The van der Waals surface area contributed by atoms with Gasteiger partial charge in [0.05, 0.1) is 5.56 Å². The molecule has 3 aromatic rings. The fraction of sp³-hybridized carbons (Fsp3) is 0.333. The van der Waals surface area contributed by atoms with E-state index in [4.69, 9.17) is 4.42 Å². The molecular weight excluding hydrogens is 406 g/mol. The van der Waals surface area contributed by atoms with Crippen molar-refractivity contribution >= 4 is 17.6 Å². The number of pyridine rings is 1. The first-order valence-corrected chi connectivity index (χ1v) is 11.0. The second-order valence-electron chi connectivity index (χ2n) is 8.04. The number of anilines is 1. The fourth-order valence-electron chi connectivity index (χ4n) is 4.38. The number of hydrogen-bond acceptors (Lipinski definition) is 6. The van der Waals surface area contributed by atoms with E-state index >= 15 is 0 Å². The summed E-state index contributed by atoms with van der Waals surface area (Å²) < 4.78 is 5.66. The number of carbonyl (C=O) groups excluding carboxylic acids is 2. The molecule has 32 heavy (non-hydrogen) atoms. The van der Waals surface area contributed by atoms with Crippen molar-refractivity contribution in [3.8, 4) is 11.3 Å². The number of nitrogens with zero attached hydrogens (tertiary/aromatic N) is 5. The second kappa shape index (κ2) is 8.82. The third-order valence-electron chi connectivity index (χ3n) is 6.11. The maximum Gasteiger partial charge on any atom is 0.276 e. The summed E-state index contributed by atoms with van der Waals surface area (Å²) >= 11 is 0. The molecule has 164 valence electrons. The van der Waals surface area contributed by atoms with Crippen LogP contribution in [0.3, 0.4) is 0 Å². The van der Waals surface area contributed by atoms with Crippen molar-refractivity contribution in [1.29, 1.82) is 0 Å². The monoisotopic (exact) mass is 431 g/mol. The summed E-state index contributed by atoms with van der Waals surface area (Å²) in [7, 11) is 0. The van der Waals surface area contributed by atoms with Crippen LogP contribution < -0.4 is 4.90 Å². The molecule has 4 heterocycles. The van der Waals surface area contributed by atoms with Gasteiger partial charge in [0, 0.05) is 51.0 Å². The highest BCUT2D eigenvalue weighted by Gasteiger charge is 2.30. The zero-order valence-corrected chi connectivity index (χ0v) is 17.8. The van der Waals surface area contributed by atoms with Gasteiger partial charge in [-0.3, -0.25) is 9.59 Å². The smallest absolute Gasteiger partial charge is 0.276 e. The minimum atomic E-state index is -0.183. The molecule has 2 amide bonds. The Hall–Kier alpha value is -3.68. The van der Waals surface area contributed by atoms with E-state index in [0.717, 1.165) is 31.7 Å². The Morgan fingerprint density at radius 2 is 1.50 bits per heavy atom. The van der Waals surface area contributed by atoms with Gasteiger partial charge in [0.25, 0.3) is 11.8 Å². The Kier molecular flexibility index (Phi) is 5.58. The Bertz CT molecular complexity index is 1100. The highest BCUT2D eigenvalue weighted by atomic mass is 16.3. The van der Waals surface area contributed by atoms with Crippen LogP contribution in [0, 0.1) is 0 Å². The van der Waals surface area contributed by atoms with Gasteiger partial charge in [-0.2, -0.15) is 0 Å². The molecule has 2 aliphatic rings. The van der Waals surface area contributed by atoms with Crippen LogP contribution in [0.4, 0.5) is 5.82 Å². The van der Waals surface area contributed by atoms with Gasteiger partial charge < -0.3 is 19.1 Å². The minimum Gasteiger partial charge on any atom is -0.443 e. The molecule has 8 heteroatoms. The number of amides is 2. The first-order chi connectivity index (χ1) is 15.7. The zero-order valence-electron chi connectivity index (χ0n) is 17.8. The van der Waals surface area contributed by atoms with E-state index in [9.17, 15) is 9.59 Å². The van der Waals surface area contributed by atoms with Crippen LogP contribution in [0.25, 0.3) is 11.3 Å². The van der Waals surface area contributed by atoms with Crippen LogP contribution in [-0.2, 0) is 0 Å². The van der Waals surface area contributed by atoms with E-state index in [1.165, 1.54) is 6.39 Å². The molecule has 0 spiro atoms. The zero-order chi connectivity index (χ0) is 21.9. The summed E-state index contributed by atoms with van der Waals surface area (Å²) in [4.78, 5) is 40.8. The number of aromatic nitrogens is 2.